The Morgan fingerprint density at radius 3 is 2.54 bits per heavy atom. The third kappa shape index (κ3) is 6.93. The van der Waals surface area contributed by atoms with E-state index in [1.807, 2.05) is 20.8 Å². The minimum absolute atomic E-state index is 0.0554. The zero-order chi connectivity index (χ0) is 27.0. The van der Waals surface area contributed by atoms with Gasteiger partial charge in [0.15, 0.2) is 5.82 Å². The molecule has 9 nitrogen and oxygen atoms in total. The van der Waals surface area contributed by atoms with Crippen LogP contribution in [0.15, 0.2) is 41.3 Å². The Hall–Kier alpha value is -3.30. The van der Waals surface area contributed by atoms with Gasteiger partial charge in [0.1, 0.15) is 11.4 Å². The van der Waals surface area contributed by atoms with Gasteiger partial charge < -0.3 is 14.8 Å². The van der Waals surface area contributed by atoms with E-state index >= 15 is 0 Å². The average molecular weight is 528 g/mol. The molecule has 2 aromatic heterocycles. The van der Waals surface area contributed by atoms with Gasteiger partial charge in [0, 0.05) is 37.0 Å². The van der Waals surface area contributed by atoms with E-state index in [1.165, 1.54) is 0 Å². The molecular formula is C27H34ClN5O4. The molecule has 1 amide bonds. The molecule has 0 unspecified atom stereocenters. The lowest BCUT2D eigenvalue weighted by Gasteiger charge is -2.28. The van der Waals surface area contributed by atoms with Crippen molar-refractivity contribution in [2.75, 3.05) is 7.11 Å². The van der Waals surface area contributed by atoms with Crippen LogP contribution in [0.25, 0.3) is 22.8 Å². The Kier molecular flexibility index (Phi) is 9.77. The number of aromatic nitrogens is 4. The monoisotopic (exact) mass is 527 g/mol. The third-order valence-electron chi connectivity index (χ3n) is 6.35. The van der Waals surface area contributed by atoms with Gasteiger partial charge in [-0.1, -0.05) is 44.9 Å². The highest BCUT2D eigenvalue weighted by Crippen LogP contribution is 2.27. The van der Waals surface area contributed by atoms with E-state index in [9.17, 15) is 9.59 Å². The van der Waals surface area contributed by atoms with Crippen molar-refractivity contribution in [3.05, 3.63) is 57.6 Å². The van der Waals surface area contributed by atoms with Gasteiger partial charge in [-0.3, -0.25) is 9.78 Å². The van der Waals surface area contributed by atoms with Crippen LogP contribution in [0, 0.1) is 0 Å². The fourth-order valence-electron chi connectivity index (χ4n) is 4.05. The Labute approximate surface area is 222 Å². The standard InChI is InChI=1S/C27H34ClN5O4/c1-6-9-17(4)37-22-13-11-19(16-29-22)23-31-24(33-26(35)32-23)20-14-18(10-12-21(20)28)15-30-25(34)27(7-2,8-3)36-5/h10-14,16-17H,6-9,15H2,1-5H3,(H,30,34)(H,31,32,33,35)/t17-/m1/s1. The predicted octanol–water partition coefficient (Wildman–Crippen LogP) is 4.94. The number of H-pyrrole nitrogens is 1. The van der Waals surface area contributed by atoms with Crippen molar-refractivity contribution in [2.24, 2.45) is 0 Å². The molecule has 0 aliphatic rings. The number of hydrogen-bond acceptors (Lipinski definition) is 7. The summed E-state index contributed by atoms with van der Waals surface area (Å²) in [7, 11) is 1.54. The van der Waals surface area contributed by atoms with Crippen LogP contribution in [0.5, 0.6) is 5.88 Å². The predicted molar refractivity (Wildman–Crippen MR) is 143 cm³/mol. The van der Waals surface area contributed by atoms with Crippen molar-refractivity contribution in [3.63, 3.8) is 0 Å². The fraction of sp³-hybridized carbons (Fsp3) is 0.444. The molecule has 37 heavy (non-hydrogen) atoms. The highest BCUT2D eigenvalue weighted by Gasteiger charge is 2.34. The van der Waals surface area contributed by atoms with Crippen LogP contribution >= 0.6 is 11.6 Å². The highest BCUT2D eigenvalue weighted by molar-refractivity contribution is 6.33. The Morgan fingerprint density at radius 2 is 1.92 bits per heavy atom. The molecule has 198 valence electrons. The Balaban J connectivity index is 1.84. The summed E-state index contributed by atoms with van der Waals surface area (Å²) in [5.41, 5.74) is 0.430. The quantitative estimate of drug-likeness (QED) is 0.342. The smallest absolute Gasteiger partial charge is 0.348 e. The first-order valence-electron chi connectivity index (χ1n) is 12.5. The minimum Gasteiger partial charge on any atom is -0.475 e. The van der Waals surface area contributed by atoms with Crippen molar-refractivity contribution in [3.8, 4) is 28.7 Å². The van der Waals surface area contributed by atoms with Crippen molar-refractivity contribution in [1.82, 2.24) is 25.3 Å². The normalized spacial score (nSPS) is 12.3. The van der Waals surface area contributed by atoms with E-state index in [4.69, 9.17) is 21.1 Å². The topological polar surface area (TPSA) is 119 Å². The Bertz CT molecular complexity index is 1250. The maximum absolute atomic E-state index is 12.8. The number of methoxy groups -OCH3 is 1. The second kappa shape index (κ2) is 12.8. The molecule has 1 atom stereocenters. The summed E-state index contributed by atoms with van der Waals surface area (Å²) < 4.78 is 11.3. The molecular weight excluding hydrogens is 494 g/mol. The number of halogens is 1. The second-order valence-corrected chi connectivity index (χ2v) is 9.24. The SMILES string of the molecule is CCC[C@@H](C)Oc1ccc(-c2nc(-c3cc(CNC(=O)C(CC)(CC)OC)ccc3Cl)[nH]c(=O)n2)cn1. The average Bonchev–Trinajstić information content (AvgIpc) is 2.89. The van der Waals surface area contributed by atoms with Crippen LogP contribution in [-0.4, -0.2) is 44.7 Å². The number of nitrogens with one attached hydrogen (secondary N) is 2. The number of carbonyl (C=O) groups is 1. The number of hydrogen-bond donors (Lipinski definition) is 2. The first kappa shape index (κ1) is 28.3. The Morgan fingerprint density at radius 1 is 1.16 bits per heavy atom. The molecule has 0 fully saturated rings. The number of nitrogens with zero attached hydrogens (tertiary/aromatic N) is 3. The van der Waals surface area contributed by atoms with Gasteiger partial charge in [0.25, 0.3) is 5.91 Å². The molecule has 0 aliphatic heterocycles. The number of benzene rings is 1. The van der Waals surface area contributed by atoms with E-state index in [-0.39, 0.29) is 30.2 Å². The molecule has 10 heteroatoms. The summed E-state index contributed by atoms with van der Waals surface area (Å²) in [6.45, 7) is 8.19. The molecule has 0 bridgehead atoms. The van der Waals surface area contributed by atoms with E-state index < -0.39 is 11.3 Å². The number of rotatable bonds is 12. The maximum atomic E-state index is 12.8. The van der Waals surface area contributed by atoms with Gasteiger partial charge in [-0.25, -0.2) is 14.8 Å². The van der Waals surface area contributed by atoms with Crippen LogP contribution in [0.3, 0.4) is 0 Å². The lowest BCUT2D eigenvalue weighted by atomic mass is 9.96. The molecule has 1 aromatic carbocycles. The van der Waals surface area contributed by atoms with Gasteiger partial charge in [-0.2, -0.15) is 4.98 Å². The van der Waals surface area contributed by atoms with Crippen LogP contribution in [0.1, 0.15) is 58.9 Å². The summed E-state index contributed by atoms with van der Waals surface area (Å²) in [5.74, 6) is 0.790. The van der Waals surface area contributed by atoms with Crippen molar-refractivity contribution in [1.29, 1.82) is 0 Å². The van der Waals surface area contributed by atoms with Crippen LogP contribution in [0.4, 0.5) is 0 Å². The van der Waals surface area contributed by atoms with Gasteiger partial charge in [0.05, 0.1) is 11.1 Å². The molecule has 2 heterocycles. The van der Waals surface area contributed by atoms with Gasteiger partial charge in [0.2, 0.25) is 5.88 Å². The largest absolute Gasteiger partial charge is 0.475 e. The molecule has 3 aromatic rings. The highest BCUT2D eigenvalue weighted by atomic mass is 35.5. The lowest BCUT2D eigenvalue weighted by Crippen LogP contribution is -2.47. The number of pyridine rings is 1. The zero-order valence-electron chi connectivity index (χ0n) is 21.9. The number of aromatic amines is 1. The van der Waals surface area contributed by atoms with Crippen LogP contribution in [0.2, 0.25) is 5.02 Å². The molecule has 0 spiro atoms. The first-order chi connectivity index (χ1) is 17.7. The van der Waals surface area contributed by atoms with E-state index in [0.717, 1.165) is 18.4 Å². The molecule has 0 saturated heterocycles. The van der Waals surface area contributed by atoms with Crippen molar-refractivity contribution in [2.45, 2.75) is 71.6 Å². The van der Waals surface area contributed by atoms with Crippen LogP contribution < -0.4 is 15.7 Å². The molecule has 0 saturated carbocycles. The van der Waals surface area contributed by atoms with Gasteiger partial charge in [-0.15, -0.1) is 0 Å². The van der Waals surface area contributed by atoms with Crippen molar-refractivity contribution >= 4 is 17.5 Å². The summed E-state index contributed by atoms with van der Waals surface area (Å²) in [6, 6.07) is 8.78. The first-order valence-corrected chi connectivity index (χ1v) is 12.9. The summed E-state index contributed by atoms with van der Waals surface area (Å²) in [6.07, 6.45) is 4.69. The molecule has 3 rings (SSSR count). The summed E-state index contributed by atoms with van der Waals surface area (Å²) in [5, 5.41) is 3.33. The van der Waals surface area contributed by atoms with Crippen LogP contribution in [-0.2, 0) is 16.1 Å². The third-order valence-corrected chi connectivity index (χ3v) is 6.68. The molecule has 2 N–H and O–H groups in total. The number of ether oxygens (including phenoxy) is 2. The molecule has 0 radical (unpaired) electrons. The maximum Gasteiger partial charge on any atom is 0.348 e. The second-order valence-electron chi connectivity index (χ2n) is 8.83. The zero-order valence-corrected chi connectivity index (χ0v) is 22.7. The number of amides is 1. The van der Waals surface area contributed by atoms with Crippen molar-refractivity contribution < 1.29 is 14.3 Å². The minimum atomic E-state index is -0.870. The molecule has 0 aliphatic carbocycles. The van der Waals surface area contributed by atoms with E-state index in [1.54, 1.807) is 43.6 Å². The summed E-state index contributed by atoms with van der Waals surface area (Å²) >= 11 is 6.46. The number of carbonyl (C=O) groups excluding carboxylic acids is 1. The summed E-state index contributed by atoms with van der Waals surface area (Å²) in [4.78, 5) is 40.7. The lowest BCUT2D eigenvalue weighted by molar-refractivity contribution is -0.144. The van der Waals surface area contributed by atoms with E-state index in [2.05, 4.69) is 32.2 Å². The van der Waals surface area contributed by atoms with E-state index in [0.29, 0.717) is 34.9 Å². The fourth-order valence-corrected chi connectivity index (χ4v) is 4.26. The van der Waals surface area contributed by atoms with Gasteiger partial charge in [-0.05, 0) is 49.9 Å². The van der Waals surface area contributed by atoms with Gasteiger partial charge >= 0.3 is 5.69 Å².